The summed E-state index contributed by atoms with van der Waals surface area (Å²) < 4.78 is 0. The van der Waals surface area contributed by atoms with Crippen molar-refractivity contribution in [1.29, 1.82) is 0 Å². The summed E-state index contributed by atoms with van der Waals surface area (Å²) in [6.45, 7) is 8.18. The minimum atomic E-state index is -0.0945. The Morgan fingerprint density at radius 1 is 1.38 bits per heavy atom. The average molecular weight is 226 g/mol. The Kier molecular flexibility index (Phi) is 4.78. The minimum Gasteiger partial charge on any atom is -0.350 e. The van der Waals surface area contributed by atoms with Crippen LogP contribution in [0.15, 0.2) is 0 Å². The molecule has 0 aromatic carbocycles. The molecule has 0 aromatic heterocycles. The Hall–Kier alpha value is -0.570. The molecule has 1 rings (SSSR count). The Labute approximate surface area is 99.4 Å². The first kappa shape index (κ1) is 13.5. The van der Waals surface area contributed by atoms with Gasteiger partial charge in [-0.2, -0.15) is 0 Å². The Morgan fingerprint density at radius 3 is 2.44 bits per heavy atom. The van der Waals surface area contributed by atoms with E-state index in [2.05, 4.69) is 31.4 Å². The molecule has 0 radical (unpaired) electrons. The lowest BCUT2D eigenvalue weighted by atomic mass is 10.0. The second kappa shape index (κ2) is 5.67. The Balaban J connectivity index is 2.35. The van der Waals surface area contributed by atoms with Crippen molar-refractivity contribution < 1.29 is 4.79 Å². The highest BCUT2D eigenvalue weighted by atomic mass is 16.2. The number of rotatable bonds is 5. The first-order valence-corrected chi connectivity index (χ1v) is 6.52. The number of carbonyl (C=O) groups excluding carboxylic acids is 1. The van der Waals surface area contributed by atoms with Crippen LogP contribution in [0.3, 0.4) is 0 Å². The van der Waals surface area contributed by atoms with Crippen LogP contribution in [0.25, 0.3) is 0 Å². The van der Waals surface area contributed by atoms with Gasteiger partial charge in [0.05, 0.1) is 6.04 Å². The van der Waals surface area contributed by atoms with Crippen LogP contribution < -0.4 is 10.6 Å². The van der Waals surface area contributed by atoms with Crippen molar-refractivity contribution in [2.75, 3.05) is 0 Å². The fourth-order valence-corrected chi connectivity index (χ4v) is 2.05. The van der Waals surface area contributed by atoms with Crippen molar-refractivity contribution in [2.24, 2.45) is 0 Å². The molecule has 16 heavy (non-hydrogen) atoms. The standard InChI is InChI=1S/C13H26N2O/c1-5-13(3,4)15-12(16)10(2)14-11-8-6-7-9-11/h10-11,14H,5-9H2,1-4H3,(H,15,16). The summed E-state index contributed by atoms with van der Waals surface area (Å²) in [5.74, 6) is 0.124. The molecule has 0 heterocycles. The molecule has 1 unspecified atom stereocenters. The van der Waals surface area contributed by atoms with Gasteiger partial charge in [-0.05, 0) is 40.0 Å². The van der Waals surface area contributed by atoms with Crippen molar-refractivity contribution in [3.63, 3.8) is 0 Å². The minimum absolute atomic E-state index is 0.0751. The van der Waals surface area contributed by atoms with Gasteiger partial charge in [0.25, 0.3) is 0 Å². The third-order valence-corrected chi connectivity index (χ3v) is 3.58. The van der Waals surface area contributed by atoms with Gasteiger partial charge in [-0.1, -0.05) is 19.8 Å². The van der Waals surface area contributed by atoms with Gasteiger partial charge >= 0.3 is 0 Å². The van der Waals surface area contributed by atoms with Gasteiger partial charge in [0.2, 0.25) is 5.91 Å². The van der Waals surface area contributed by atoms with E-state index in [4.69, 9.17) is 0 Å². The lowest BCUT2D eigenvalue weighted by Crippen LogP contribution is -2.52. The second-order valence-electron chi connectivity index (χ2n) is 5.60. The molecule has 1 atom stereocenters. The summed E-state index contributed by atoms with van der Waals surface area (Å²) in [5, 5.41) is 6.49. The van der Waals surface area contributed by atoms with Gasteiger partial charge in [0.1, 0.15) is 0 Å². The number of hydrogen-bond donors (Lipinski definition) is 2. The van der Waals surface area contributed by atoms with E-state index in [1.165, 1.54) is 25.7 Å². The smallest absolute Gasteiger partial charge is 0.237 e. The van der Waals surface area contributed by atoms with E-state index in [1.54, 1.807) is 0 Å². The largest absolute Gasteiger partial charge is 0.350 e. The van der Waals surface area contributed by atoms with Gasteiger partial charge in [-0.25, -0.2) is 0 Å². The Bertz CT molecular complexity index is 232. The molecule has 1 saturated carbocycles. The fraction of sp³-hybridized carbons (Fsp3) is 0.923. The molecule has 0 aliphatic heterocycles. The first-order valence-electron chi connectivity index (χ1n) is 6.52. The molecule has 3 heteroatoms. The normalized spacial score (nSPS) is 19.8. The zero-order valence-corrected chi connectivity index (χ0v) is 11.1. The third-order valence-electron chi connectivity index (χ3n) is 3.58. The number of amides is 1. The maximum absolute atomic E-state index is 11.9. The van der Waals surface area contributed by atoms with Crippen molar-refractivity contribution in [3.05, 3.63) is 0 Å². The SMILES string of the molecule is CCC(C)(C)NC(=O)C(C)NC1CCCC1. The third kappa shape index (κ3) is 4.12. The molecule has 2 N–H and O–H groups in total. The maximum Gasteiger partial charge on any atom is 0.237 e. The molecular weight excluding hydrogens is 200 g/mol. The summed E-state index contributed by atoms with van der Waals surface area (Å²) >= 11 is 0. The van der Waals surface area contributed by atoms with E-state index >= 15 is 0 Å². The Morgan fingerprint density at radius 2 is 1.94 bits per heavy atom. The van der Waals surface area contributed by atoms with Crippen LogP contribution >= 0.6 is 0 Å². The summed E-state index contributed by atoms with van der Waals surface area (Å²) in [6, 6.07) is 0.472. The van der Waals surface area contributed by atoms with Crippen LogP contribution in [0.1, 0.15) is 59.8 Å². The van der Waals surface area contributed by atoms with Crippen LogP contribution in [-0.2, 0) is 4.79 Å². The molecule has 94 valence electrons. The van der Waals surface area contributed by atoms with Crippen LogP contribution in [0.4, 0.5) is 0 Å². The van der Waals surface area contributed by atoms with Gasteiger partial charge in [0.15, 0.2) is 0 Å². The van der Waals surface area contributed by atoms with Crippen LogP contribution in [-0.4, -0.2) is 23.5 Å². The highest BCUT2D eigenvalue weighted by Crippen LogP contribution is 2.18. The maximum atomic E-state index is 11.9. The van der Waals surface area contributed by atoms with Crippen molar-refractivity contribution >= 4 is 5.91 Å². The molecule has 0 aromatic rings. The lowest BCUT2D eigenvalue weighted by Gasteiger charge is -2.27. The van der Waals surface area contributed by atoms with E-state index in [1.807, 2.05) is 6.92 Å². The molecule has 1 aliphatic carbocycles. The van der Waals surface area contributed by atoms with Gasteiger partial charge in [-0.3, -0.25) is 4.79 Å². The first-order chi connectivity index (χ1) is 7.44. The van der Waals surface area contributed by atoms with Gasteiger partial charge in [0, 0.05) is 11.6 Å². The van der Waals surface area contributed by atoms with Gasteiger partial charge < -0.3 is 10.6 Å². The molecule has 1 aliphatic rings. The number of hydrogen-bond acceptors (Lipinski definition) is 2. The van der Waals surface area contributed by atoms with Crippen molar-refractivity contribution in [1.82, 2.24) is 10.6 Å². The van der Waals surface area contributed by atoms with E-state index in [0.29, 0.717) is 6.04 Å². The fourth-order valence-electron chi connectivity index (χ4n) is 2.05. The van der Waals surface area contributed by atoms with E-state index in [-0.39, 0.29) is 17.5 Å². The van der Waals surface area contributed by atoms with Crippen LogP contribution in [0, 0.1) is 0 Å². The van der Waals surface area contributed by atoms with Crippen LogP contribution in [0.2, 0.25) is 0 Å². The van der Waals surface area contributed by atoms with E-state index in [0.717, 1.165) is 6.42 Å². The molecule has 0 bridgehead atoms. The molecule has 1 amide bonds. The zero-order chi connectivity index (χ0) is 12.2. The lowest BCUT2D eigenvalue weighted by molar-refractivity contribution is -0.124. The van der Waals surface area contributed by atoms with Crippen molar-refractivity contribution in [2.45, 2.75) is 77.4 Å². The number of nitrogens with one attached hydrogen (secondary N) is 2. The molecule has 3 nitrogen and oxygen atoms in total. The van der Waals surface area contributed by atoms with E-state index in [9.17, 15) is 4.79 Å². The van der Waals surface area contributed by atoms with Crippen molar-refractivity contribution in [3.8, 4) is 0 Å². The quantitative estimate of drug-likeness (QED) is 0.754. The average Bonchev–Trinajstić information content (AvgIpc) is 2.69. The second-order valence-corrected chi connectivity index (χ2v) is 5.60. The predicted molar refractivity (Wildman–Crippen MR) is 67.4 cm³/mol. The number of carbonyl (C=O) groups is 1. The van der Waals surface area contributed by atoms with Gasteiger partial charge in [-0.15, -0.1) is 0 Å². The molecular formula is C13H26N2O. The van der Waals surface area contributed by atoms with Crippen LogP contribution in [0.5, 0.6) is 0 Å². The summed E-state index contributed by atoms with van der Waals surface area (Å²) in [5.41, 5.74) is -0.0945. The summed E-state index contributed by atoms with van der Waals surface area (Å²) in [7, 11) is 0. The summed E-state index contributed by atoms with van der Waals surface area (Å²) in [4.78, 5) is 11.9. The monoisotopic (exact) mass is 226 g/mol. The summed E-state index contributed by atoms with van der Waals surface area (Å²) in [6.07, 6.45) is 5.98. The molecule has 1 fully saturated rings. The molecule has 0 spiro atoms. The highest BCUT2D eigenvalue weighted by molar-refractivity contribution is 5.82. The topological polar surface area (TPSA) is 41.1 Å². The molecule has 0 saturated heterocycles. The highest BCUT2D eigenvalue weighted by Gasteiger charge is 2.24. The predicted octanol–water partition coefficient (Wildman–Crippen LogP) is 2.21. The van der Waals surface area contributed by atoms with E-state index < -0.39 is 0 Å². The zero-order valence-electron chi connectivity index (χ0n) is 11.1.